The molecule has 5 rings (SSSR count). The van der Waals surface area contributed by atoms with Gasteiger partial charge in [-0.25, -0.2) is 23.7 Å². The van der Waals surface area contributed by atoms with E-state index in [2.05, 4.69) is 26.8 Å². The minimum atomic E-state index is -1.01. The number of hydrogen-bond donors (Lipinski definition) is 2. The zero-order chi connectivity index (χ0) is 20.2. The summed E-state index contributed by atoms with van der Waals surface area (Å²) in [4.78, 5) is 13.2. The maximum atomic E-state index is 13.8. The van der Waals surface area contributed by atoms with Crippen LogP contribution in [0.5, 0.6) is 0 Å². The molecule has 0 spiro atoms. The van der Waals surface area contributed by atoms with E-state index in [9.17, 15) is 13.9 Å². The Hall–Kier alpha value is -3.05. The molecule has 6 nitrogen and oxygen atoms in total. The van der Waals surface area contributed by atoms with Crippen LogP contribution in [-0.4, -0.2) is 30.2 Å². The third-order valence-corrected chi connectivity index (χ3v) is 5.44. The monoisotopic (exact) mass is 395 g/mol. The van der Waals surface area contributed by atoms with Gasteiger partial charge in [-0.3, -0.25) is 0 Å². The van der Waals surface area contributed by atoms with Crippen molar-refractivity contribution in [1.29, 1.82) is 0 Å². The lowest BCUT2D eigenvalue weighted by Gasteiger charge is -2.12. The molecule has 1 aromatic carbocycles. The Balaban J connectivity index is 1.66. The normalized spacial score (nSPS) is 18.0. The van der Waals surface area contributed by atoms with Crippen LogP contribution in [0.15, 0.2) is 18.2 Å². The van der Waals surface area contributed by atoms with Crippen LogP contribution in [0.2, 0.25) is 0 Å². The molecule has 3 aromatic rings. The molecule has 0 saturated heterocycles. The van der Waals surface area contributed by atoms with Crippen LogP contribution >= 0.6 is 0 Å². The van der Waals surface area contributed by atoms with Crippen LogP contribution in [0, 0.1) is 23.5 Å². The number of imidazole rings is 1. The van der Waals surface area contributed by atoms with Gasteiger partial charge in [-0.05, 0) is 56.6 Å². The van der Waals surface area contributed by atoms with Gasteiger partial charge in [0, 0.05) is 17.7 Å². The van der Waals surface area contributed by atoms with E-state index >= 15 is 0 Å². The summed E-state index contributed by atoms with van der Waals surface area (Å²) in [5.74, 6) is 5.13. The SMILES string of the molecule is Nc1nc(C#CC2(O)CCCC2)nc2c1nc(-c1cc(F)cc(F)c1)n2C1CC1. The highest BCUT2D eigenvalue weighted by atomic mass is 19.1. The lowest BCUT2D eigenvalue weighted by Crippen LogP contribution is -2.20. The highest BCUT2D eigenvalue weighted by Crippen LogP contribution is 2.41. The summed E-state index contributed by atoms with van der Waals surface area (Å²) in [6, 6.07) is 3.44. The molecule has 0 unspecified atom stereocenters. The van der Waals surface area contributed by atoms with Crippen molar-refractivity contribution in [3.63, 3.8) is 0 Å². The molecule has 148 valence electrons. The standard InChI is InChI=1S/C21H19F2N5O/c22-13-9-12(10-14(23)11-13)19-27-17-18(24)25-16(5-8-21(29)6-1-2-7-21)26-20(17)28(19)15-3-4-15/h9-11,15,29H,1-4,6-7H2,(H2,24,25,26). The summed E-state index contributed by atoms with van der Waals surface area (Å²) in [6.07, 6.45) is 4.98. The van der Waals surface area contributed by atoms with Crippen molar-refractivity contribution in [2.45, 2.75) is 50.2 Å². The first-order valence-corrected chi connectivity index (χ1v) is 9.69. The minimum absolute atomic E-state index is 0.135. The van der Waals surface area contributed by atoms with Gasteiger partial charge in [-0.1, -0.05) is 5.92 Å². The van der Waals surface area contributed by atoms with Gasteiger partial charge >= 0.3 is 0 Å². The zero-order valence-electron chi connectivity index (χ0n) is 15.6. The van der Waals surface area contributed by atoms with E-state index in [1.165, 1.54) is 12.1 Å². The molecule has 0 amide bonds. The molecule has 8 heteroatoms. The third kappa shape index (κ3) is 3.32. The molecule has 29 heavy (non-hydrogen) atoms. The predicted molar refractivity (Wildman–Crippen MR) is 104 cm³/mol. The summed E-state index contributed by atoms with van der Waals surface area (Å²) in [5, 5.41) is 10.4. The molecule has 0 aliphatic heterocycles. The Morgan fingerprint density at radius 1 is 1.07 bits per heavy atom. The highest BCUT2D eigenvalue weighted by molar-refractivity contribution is 5.86. The zero-order valence-corrected chi connectivity index (χ0v) is 15.6. The molecule has 0 radical (unpaired) electrons. The van der Waals surface area contributed by atoms with Gasteiger partial charge in [0.05, 0.1) is 0 Å². The second-order valence-corrected chi connectivity index (χ2v) is 7.79. The number of aliphatic hydroxyl groups is 1. The quantitative estimate of drug-likeness (QED) is 0.650. The number of nitrogens with two attached hydrogens (primary N) is 1. The molecule has 3 N–H and O–H groups in total. The van der Waals surface area contributed by atoms with Gasteiger partial charge in [0.2, 0.25) is 5.82 Å². The van der Waals surface area contributed by atoms with Crippen molar-refractivity contribution in [2.75, 3.05) is 5.73 Å². The molecular formula is C21H19F2N5O. The average Bonchev–Trinajstić information content (AvgIpc) is 3.28. The maximum absolute atomic E-state index is 13.8. The van der Waals surface area contributed by atoms with Crippen LogP contribution in [0.3, 0.4) is 0 Å². The van der Waals surface area contributed by atoms with Crippen molar-refractivity contribution in [2.24, 2.45) is 0 Å². The summed E-state index contributed by atoms with van der Waals surface area (Å²) in [5.41, 5.74) is 6.29. The van der Waals surface area contributed by atoms with Gasteiger partial charge in [-0.2, -0.15) is 0 Å². The minimum Gasteiger partial charge on any atom is -0.382 e. The lowest BCUT2D eigenvalue weighted by molar-refractivity contribution is 0.110. The summed E-state index contributed by atoms with van der Waals surface area (Å²) >= 11 is 0. The number of fused-ring (bicyclic) bond motifs is 1. The molecule has 0 bridgehead atoms. The fraction of sp³-hybridized carbons (Fsp3) is 0.381. The molecule has 2 saturated carbocycles. The number of aromatic nitrogens is 4. The van der Waals surface area contributed by atoms with Crippen LogP contribution < -0.4 is 5.73 Å². The lowest BCUT2D eigenvalue weighted by atomic mass is 10.0. The number of halogens is 2. The Labute approximate surface area is 165 Å². The van der Waals surface area contributed by atoms with E-state index in [1.54, 1.807) is 0 Å². The van der Waals surface area contributed by atoms with Gasteiger partial charge < -0.3 is 15.4 Å². The molecule has 2 fully saturated rings. The molecule has 2 aromatic heterocycles. The summed E-state index contributed by atoms with van der Waals surface area (Å²) < 4.78 is 29.4. The summed E-state index contributed by atoms with van der Waals surface area (Å²) in [6.45, 7) is 0. The Bertz CT molecular complexity index is 1160. The van der Waals surface area contributed by atoms with E-state index in [4.69, 9.17) is 5.73 Å². The topological polar surface area (TPSA) is 89.8 Å². The number of anilines is 1. The van der Waals surface area contributed by atoms with E-state index in [1.807, 2.05) is 4.57 Å². The molecule has 2 aliphatic carbocycles. The second-order valence-electron chi connectivity index (χ2n) is 7.79. The number of rotatable bonds is 2. The highest BCUT2D eigenvalue weighted by Gasteiger charge is 2.31. The first-order valence-electron chi connectivity index (χ1n) is 9.69. The molecule has 0 atom stereocenters. The summed E-state index contributed by atoms with van der Waals surface area (Å²) in [7, 11) is 0. The molecule has 2 aliphatic rings. The van der Waals surface area contributed by atoms with Crippen LogP contribution in [0.1, 0.15) is 50.4 Å². The van der Waals surface area contributed by atoms with Crippen LogP contribution in [0.4, 0.5) is 14.6 Å². The van der Waals surface area contributed by atoms with Gasteiger partial charge in [0.25, 0.3) is 0 Å². The number of nitrogen functional groups attached to an aromatic ring is 1. The number of benzene rings is 1. The maximum Gasteiger partial charge on any atom is 0.209 e. The van der Waals surface area contributed by atoms with E-state index in [-0.39, 0.29) is 17.7 Å². The van der Waals surface area contributed by atoms with Crippen LogP contribution in [-0.2, 0) is 0 Å². The van der Waals surface area contributed by atoms with Gasteiger partial charge in [-0.15, -0.1) is 0 Å². The smallest absolute Gasteiger partial charge is 0.209 e. The number of hydrogen-bond acceptors (Lipinski definition) is 5. The fourth-order valence-corrected chi connectivity index (χ4v) is 3.87. The average molecular weight is 395 g/mol. The van der Waals surface area contributed by atoms with Gasteiger partial charge in [0.15, 0.2) is 17.0 Å². The largest absolute Gasteiger partial charge is 0.382 e. The first-order chi connectivity index (χ1) is 13.9. The van der Waals surface area contributed by atoms with Crippen LogP contribution in [0.25, 0.3) is 22.6 Å². The Morgan fingerprint density at radius 2 is 1.76 bits per heavy atom. The van der Waals surface area contributed by atoms with E-state index in [0.717, 1.165) is 31.7 Å². The van der Waals surface area contributed by atoms with Crippen molar-refractivity contribution in [3.05, 3.63) is 35.7 Å². The first kappa shape index (κ1) is 18.0. The van der Waals surface area contributed by atoms with E-state index in [0.29, 0.717) is 35.4 Å². The number of nitrogens with zero attached hydrogens (tertiary/aromatic N) is 4. The third-order valence-electron chi connectivity index (χ3n) is 5.44. The molecular weight excluding hydrogens is 376 g/mol. The van der Waals surface area contributed by atoms with Crippen molar-refractivity contribution < 1.29 is 13.9 Å². The molecule has 2 heterocycles. The predicted octanol–water partition coefficient (Wildman–Crippen LogP) is 3.35. The van der Waals surface area contributed by atoms with Crippen molar-refractivity contribution in [3.8, 4) is 23.2 Å². The van der Waals surface area contributed by atoms with E-state index < -0.39 is 17.2 Å². The van der Waals surface area contributed by atoms with Crippen molar-refractivity contribution in [1.82, 2.24) is 19.5 Å². The fourth-order valence-electron chi connectivity index (χ4n) is 3.87. The Morgan fingerprint density at radius 3 is 2.41 bits per heavy atom. The Kier molecular flexibility index (Phi) is 4.03. The van der Waals surface area contributed by atoms with Gasteiger partial charge in [0.1, 0.15) is 23.1 Å². The second kappa shape index (κ2) is 6.49. The van der Waals surface area contributed by atoms with Crippen molar-refractivity contribution >= 4 is 17.0 Å².